The third-order valence-electron chi connectivity index (χ3n) is 3.96. The normalized spacial score (nSPS) is 12.0. The number of aromatic nitrogens is 2. The molecule has 0 unspecified atom stereocenters. The Morgan fingerprint density at radius 1 is 1.08 bits per heavy atom. The molecule has 0 atom stereocenters. The first-order valence-electron chi connectivity index (χ1n) is 7.49. The zero-order valence-corrected chi connectivity index (χ0v) is 13.9. The number of thiophene rings is 1. The van der Waals surface area contributed by atoms with Crippen LogP contribution in [0.15, 0.2) is 53.9 Å². The number of amidine groups is 1. The van der Waals surface area contributed by atoms with E-state index in [9.17, 15) is 0 Å². The maximum absolute atomic E-state index is 5.97. The van der Waals surface area contributed by atoms with Crippen LogP contribution in [0, 0.1) is 0 Å². The number of hydrazone groups is 1. The van der Waals surface area contributed by atoms with Crippen LogP contribution in [0.1, 0.15) is 5.56 Å². The lowest BCUT2D eigenvalue weighted by Gasteiger charge is -2.06. The largest absolute Gasteiger partial charge is 0.382 e. The van der Waals surface area contributed by atoms with Crippen molar-refractivity contribution in [3.8, 4) is 11.1 Å². The van der Waals surface area contributed by atoms with E-state index < -0.39 is 0 Å². The van der Waals surface area contributed by atoms with Crippen LogP contribution >= 0.6 is 11.3 Å². The molecule has 2 aromatic carbocycles. The van der Waals surface area contributed by atoms with Crippen LogP contribution < -0.4 is 22.8 Å². The highest BCUT2D eigenvalue weighted by molar-refractivity contribution is 7.26. The maximum Gasteiger partial charge on any atom is 0.152 e. The minimum Gasteiger partial charge on any atom is -0.382 e. The lowest BCUT2D eigenvalue weighted by atomic mass is 10.0. The summed E-state index contributed by atoms with van der Waals surface area (Å²) >= 11 is 1.59. The van der Waals surface area contributed by atoms with Gasteiger partial charge in [-0.15, -0.1) is 16.4 Å². The van der Waals surface area contributed by atoms with Gasteiger partial charge in [0.05, 0.1) is 10.2 Å². The molecular weight excluding hydrogens is 334 g/mol. The lowest BCUT2D eigenvalue weighted by Crippen LogP contribution is -2.22. The molecule has 0 amide bonds. The van der Waals surface area contributed by atoms with Crippen molar-refractivity contribution in [1.29, 1.82) is 0 Å². The van der Waals surface area contributed by atoms with Crippen LogP contribution in [0.5, 0.6) is 0 Å². The van der Waals surface area contributed by atoms with E-state index in [-0.39, 0.29) is 0 Å². The van der Waals surface area contributed by atoms with Crippen molar-refractivity contribution in [2.45, 2.75) is 0 Å². The minimum atomic E-state index is 0.329. The molecule has 0 saturated carbocycles. The Balaban J connectivity index is 1.85. The van der Waals surface area contributed by atoms with Crippen LogP contribution in [0.2, 0.25) is 0 Å². The molecule has 7 N–H and O–H groups in total. The first kappa shape index (κ1) is 15.3. The summed E-state index contributed by atoms with van der Waals surface area (Å²) in [7, 11) is 0. The number of fused-ring (bicyclic) bond motifs is 3. The zero-order valence-electron chi connectivity index (χ0n) is 13.1. The molecule has 2 heterocycles. The molecule has 4 rings (SSSR count). The van der Waals surface area contributed by atoms with Crippen molar-refractivity contribution in [3.63, 3.8) is 0 Å². The van der Waals surface area contributed by atoms with E-state index >= 15 is 0 Å². The van der Waals surface area contributed by atoms with Gasteiger partial charge in [0.2, 0.25) is 0 Å². The third-order valence-corrected chi connectivity index (χ3v) is 5.12. The average Bonchev–Trinajstić information content (AvgIpc) is 3.01. The molecular formula is C17H15N7S. The monoisotopic (exact) mass is 349 g/mol. The molecule has 0 bridgehead atoms. The summed E-state index contributed by atoms with van der Waals surface area (Å²) in [5.41, 5.74) is 17.9. The molecule has 2 aromatic heterocycles. The van der Waals surface area contributed by atoms with E-state index in [1.54, 1.807) is 11.3 Å². The van der Waals surface area contributed by atoms with Gasteiger partial charge >= 0.3 is 0 Å². The number of nitrogens with one attached hydrogen (secondary N) is 1. The highest BCUT2D eigenvalue weighted by Gasteiger charge is 2.11. The number of hydrazine groups is 1. The molecule has 0 aliphatic rings. The number of nitrogens with zero attached hydrogens (tertiary/aromatic N) is 3. The van der Waals surface area contributed by atoms with Crippen molar-refractivity contribution >= 4 is 43.3 Å². The van der Waals surface area contributed by atoms with Gasteiger partial charge in [-0.1, -0.05) is 30.3 Å². The number of hydrogen-bond donors (Lipinski definition) is 4. The summed E-state index contributed by atoms with van der Waals surface area (Å²) in [6, 6.07) is 14.0. The second-order valence-electron chi connectivity index (χ2n) is 5.46. The summed E-state index contributed by atoms with van der Waals surface area (Å²) in [6.45, 7) is 0. The molecule has 0 aliphatic heterocycles. The smallest absolute Gasteiger partial charge is 0.152 e. The number of nitrogen functional groups attached to an aromatic ring is 1. The molecule has 8 heteroatoms. The first-order chi connectivity index (χ1) is 12.2. The molecule has 0 saturated heterocycles. The Morgan fingerprint density at radius 2 is 1.92 bits per heavy atom. The number of benzene rings is 2. The Bertz CT molecular complexity index is 1120. The second-order valence-corrected chi connectivity index (χ2v) is 6.51. The molecule has 0 fully saturated rings. The fourth-order valence-corrected chi connectivity index (χ4v) is 3.86. The standard InChI is InChI=1S/C17H15N7S/c18-16(23-24-20)11-3-1-2-9(6-11)10-4-5-12-13(7-10)25-15-14(12)21-8-22-17(15)19/h1-8,24H,20H2,(H2,18,23)(H2,19,21,22). The zero-order chi connectivity index (χ0) is 17.4. The highest BCUT2D eigenvalue weighted by atomic mass is 32.1. The van der Waals surface area contributed by atoms with Gasteiger partial charge in [-0.05, 0) is 23.3 Å². The summed E-state index contributed by atoms with van der Waals surface area (Å²) < 4.78 is 2.02. The highest BCUT2D eigenvalue weighted by Crippen LogP contribution is 2.37. The summed E-state index contributed by atoms with van der Waals surface area (Å²) in [5.74, 6) is 6.03. The number of anilines is 1. The molecule has 4 aromatic rings. The van der Waals surface area contributed by atoms with Gasteiger partial charge in [0.25, 0.3) is 0 Å². The van der Waals surface area contributed by atoms with Gasteiger partial charge in [0, 0.05) is 15.6 Å². The fraction of sp³-hybridized carbons (Fsp3) is 0. The van der Waals surface area contributed by atoms with Crippen molar-refractivity contribution in [2.24, 2.45) is 16.7 Å². The summed E-state index contributed by atoms with van der Waals surface area (Å²) in [6.07, 6.45) is 1.49. The van der Waals surface area contributed by atoms with Gasteiger partial charge in [-0.2, -0.15) is 0 Å². The number of nitrogens with two attached hydrogens (primary N) is 3. The van der Waals surface area contributed by atoms with Crippen molar-refractivity contribution in [2.75, 3.05) is 5.73 Å². The summed E-state index contributed by atoms with van der Waals surface area (Å²) in [4.78, 5) is 8.42. The van der Waals surface area contributed by atoms with Crippen LogP contribution in [-0.4, -0.2) is 15.8 Å². The Hall–Kier alpha value is -3.23. The Labute approximate surface area is 147 Å². The lowest BCUT2D eigenvalue weighted by molar-refractivity contribution is 0.804. The average molecular weight is 349 g/mol. The van der Waals surface area contributed by atoms with Crippen LogP contribution in [0.4, 0.5) is 5.82 Å². The van der Waals surface area contributed by atoms with Gasteiger partial charge in [0.1, 0.15) is 12.1 Å². The number of rotatable bonds is 3. The molecule has 25 heavy (non-hydrogen) atoms. The predicted molar refractivity (Wildman–Crippen MR) is 103 cm³/mol. The van der Waals surface area contributed by atoms with Gasteiger partial charge in [-0.25, -0.2) is 21.3 Å². The maximum atomic E-state index is 5.97. The van der Waals surface area contributed by atoms with Crippen LogP contribution in [0.25, 0.3) is 31.4 Å². The first-order valence-corrected chi connectivity index (χ1v) is 8.31. The topological polar surface area (TPSA) is 128 Å². The van der Waals surface area contributed by atoms with Crippen molar-refractivity contribution in [1.82, 2.24) is 15.5 Å². The van der Waals surface area contributed by atoms with E-state index in [1.807, 2.05) is 24.3 Å². The predicted octanol–water partition coefficient (Wildman–Crippen LogP) is 2.18. The molecule has 7 nitrogen and oxygen atoms in total. The molecule has 0 spiro atoms. The van der Waals surface area contributed by atoms with Crippen LogP contribution in [0.3, 0.4) is 0 Å². The van der Waals surface area contributed by atoms with E-state index in [1.165, 1.54) is 6.33 Å². The van der Waals surface area contributed by atoms with Gasteiger partial charge < -0.3 is 11.5 Å². The minimum absolute atomic E-state index is 0.329. The molecule has 124 valence electrons. The Kier molecular flexibility index (Phi) is 3.68. The summed E-state index contributed by atoms with van der Waals surface area (Å²) in [5, 5.41) is 4.88. The third kappa shape index (κ3) is 2.63. The second kappa shape index (κ2) is 6.00. The van der Waals surface area contributed by atoms with E-state index in [0.29, 0.717) is 11.7 Å². The number of hydrogen-bond acceptors (Lipinski definition) is 7. The molecule has 0 aliphatic carbocycles. The van der Waals surface area contributed by atoms with E-state index in [0.717, 1.165) is 37.0 Å². The van der Waals surface area contributed by atoms with E-state index in [4.69, 9.17) is 17.3 Å². The van der Waals surface area contributed by atoms with Crippen molar-refractivity contribution in [3.05, 3.63) is 54.4 Å². The van der Waals surface area contributed by atoms with E-state index in [2.05, 4.69) is 38.8 Å². The molecule has 0 radical (unpaired) electrons. The Morgan fingerprint density at radius 3 is 2.76 bits per heavy atom. The SMILES string of the molecule is NN/N=C(\N)c1cccc(-c2ccc3c(c2)sc2c(N)ncnc23)c1. The fourth-order valence-electron chi connectivity index (χ4n) is 2.76. The van der Waals surface area contributed by atoms with Gasteiger partial charge in [-0.3, -0.25) is 0 Å². The quantitative estimate of drug-likeness (QED) is 0.194. The van der Waals surface area contributed by atoms with Crippen LogP contribution in [-0.2, 0) is 0 Å². The van der Waals surface area contributed by atoms with Crippen molar-refractivity contribution < 1.29 is 0 Å². The van der Waals surface area contributed by atoms with Gasteiger partial charge in [0.15, 0.2) is 5.84 Å².